The van der Waals surface area contributed by atoms with Gasteiger partial charge in [0.25, 0.3) is 0 Å². The summed E-state index contributed by atoms with van der Waals surface area (Å²) in [6, 6.07) is 9.25. The molecule has 2 rings (SSSR count). The Bertz CT molecular complexity index is 494. The number of aromatic nitrogens is 2. The molecule has 0 radical (unpaired) electrons. The molecule has 0 saturated carbocycles. The van der Waals surface area contributed by atoms with Crippen molar-refractivity contribution in [2.45, 2.75) is 19.6 Å². The van der Waals surface area contributed by atoms with Crippen molar-refractivity contribution in [1.29, 1.82) is 0 Å². The minimum atomic E-state index is -0.674. The highest BCUT2D eigenvalue weighted by Crippen LogP contribution is 2.24. The first-order chi connectivity index (χ1) is 8.26. The fourth-order valence-corrected chi connectivity index (χ4v) is 1.82. The lowest BCUT2D eigenvalue weighted by molar-refractivity contribution is 0.207. The maximum absolute atomic E-state index is 10.3. The molecule has 1 N–H and O–H groups in total. The van der Waals surface area contributed by atoms with E-state index in [9.17, 15) is 5.11 Å². The van der Waals surface area contributed by atoms with Gasteiger partial charge in [0.15, 0.2) is 0 Å². The number of hydrogen-bond acceptors (Lipinski definition) is 3. The zero-order chi connectivity index (χ0) is 12.3. The van der Waals surface area contributed by atoms with Crippen molar-refractivity contribution in [3.8, 4) is 5.75 Å². The topological polar surface area (TPSA) is 47.3 Å². The maximum Gasteiger partial charge on any atom is 0.121 e. The Morgan fingerprint density at radius 2 is 2.24 bits per heavy atom. The Morgan fingerprint density at radius 3 is 2.94 bits per heavy atom. The first-order valence-corrected chi connectivity index (χ1v) is 5.60. The van der Waals surface area contributed by atoms with E-state index in [0.29, 0.717) is 0 Å². The maximum atomic E-state index is 10.3. The molecular formula is C13H16N2O2. The van der Waals surface area contributed by atoms with Crippen LogP contribution in [0.25, 0.3) is 0 Å². The summed E-state index contributed by atoms with van der Waals surface area (Å²) in [4.78, 5) is 0. The van der Waals surface area contributed by atoms with E-state index in [1.165, 1.54) is 0 Å². The SMILES string of the molecule is CCn1nccc1C(O)c1cccc(OC)c1. The third-order valence-corrected chi connectivity index (χ3v) is 2.74. The quantitative estimate of drug-likeness (QED) is 0.877. The lowest BCUT2D eigenvalue weighted by Crippen LogP contribution is -2.09. The van der Waals surface area contributed by atoms with Gasteiger partial charge in [-0.3, -0.25) is 4.68 Å². The van der Waals surface area contributed by atoms with Crippen molar-refractivity contribution < 1.29 is 9.84 Å². The van der Waals surface area contributed by atoms with E-state index in [2.05, 4.69) is 5.10 Å². The zero-order valence-corrected chi connectivity index (χ0v) is 10.00. The molecular weight excluding hydrogens is 216 g/mol. The van der Waals surface area contributed by atoms with Gasteiger partial charge in [-0.25, -0.2) is 0 Å². The van der Waals surface area contributed by atoms with Crippen molar-refractivity contribution in [2.75, 3.05) is 7.11 Å². The van der Waals surface area contributed by atoms with Crippen LogP contribution in [0.5, 0.6) is 5.75 Å². The second-order valence-corrected chi connectivity index (χ2v) is 3.75. The fourth-order valence-electron chi connectivity index (χ4n) is 1.82. The highest BCUT2D eigenvalue weighted by Gasteiger charge is 2.15. The van der Waals surface area contributed by atoms with Crippen LogP contribution in [0.3, 0.4) is 0 Å². The van der Waals surface area contributed by atoms with Crippen molar-refractivity contribution in [3.63, 3.8) is 0 Å². The molecule has 0 bridgehead atoms. The van der Waals surface area contributed by atoms with Crippen LogP contribution in [0.15, 0.2) is 36.5 Å². The smallest absolute Gasteiger partial charge is 0.121 e. The molecule has 1 unspecified atom stereocenters. The summed E-state index contributed by atoms with van der Waals surface area (Å²) in [6.45, 7) is 2.73. The molecule has 1 heterocycles. The number of ether oxygens (including phenoxy) is 1. The molecule has 2 aromatic rings. The van der Waals surface area contributed by atoms with Gasteiger partial charge in [0.2, 0.25) is 0 Å². The average Bonchev–Trinajstić information content (AvgIpc) is 2.86. The van der Waals surface area contributed by atoms with E-state index < -0.39 is 6.10 Å². The highest BCUT2D eigenvalue weighted by atomic mass is 16.5. The number of rotatable bonds is 4. The zero-order valence-electron chi connectivity index (χ0n) is 10.00. The van der Waals surface area contributed by atoms with Crippen LogP contribution in [0.2, 0.25) is 0 Å². The van der Waals surface area contributed by atoms with Gasteiger partial charge < -0.3 is 9.84 Å². The normalized spacial score (nSPS) is 12.4. The molecule has 0 aliphatic heterocycles. The standard InChI is InChI=1S/C13H16N2O2/c1-3-15-12(7-8-14-15)13(16)10-5-4-6-11(9-10)17-2/h4-9,13,16H,3H2,1-2H3. The van der Waals surface area contributed by atoms with Crippen LogP contribution in [-0.4, -0.2) is 22.0 Å². The second-order valence-electron chi connectivity index (χ2n) is 3.75. The highest BCUT2D eigenvalue weighted by molar-refractivity contribution is 5.33. The number of aliphatic hydroxyl groups excluding tert-OH is 1. The Hall–Kier alpha value is -1.81. The van der Waals surface area contributed by atoms with Gasteiger partial charge in [-0.05, 0) is 30.7 Å². The lowest BCUT2D eigenvalue weighted by Gasteiger charge is -2.13. The Kier molecular flexibility index (Phi) is 3.44. The molecule has 1 aromatic carbocycles. The number of benzene rings is 1. The molecule has 0 aliphatic carbocycles. The van der Waals surface area contributed by atoms with E-state index in [0.717, 1.165) is 23.6 Å². The largest absolute Gasteiger partial charge is 0.497 e. The molecule has 4 heteroatoms. The molecule has 0 saturated heterocycles. The Balaban J connectivity index is 2.33. The summed E-state index contributed by atoms with van der Waals surface area (Å²) in [5.41, 5.74) is 1.60. The van der Waals surface area contributed by atoms with Gasteiger partial charge in [0, 0.05) is 12.7 Å². The Morgan fingerprint density at radius 1 is 1.41 bits per heavy atom. The summed E-state index contributed by atoms with van der Waals surface area (Å²) in [5.74, 6) is 0.740. The number of aryl methyl sites for hydroxylation is 1. The van der Waals surface area contributed by atoms with Gasteiger partial charge in [0.1, 0.15) is 11.9 Å². The van der Waals surface area contributed by atoms with Gasteiger partial charge in [0.05, 0.1) is 12.8 Å². The number of nitrogens with zero attached hydrogens (tertiary/aromatic N) is 2. The van der Waals surface area contributed by atoms with Crippen LogP contribution < -0.4 is 4.74 Å². The molecule has 90 valence electrons. The van der Waals surface area contributed by atoms with Gasteiger partial charge in [-0.15, -0.1) is 0 Å². The lowest BCUT2D eigenvalue weighted by atomic mass is 10.1. The molecule has 4 nitrogen and oxygen atoms in total. The van der Waals surface area contributed by atoms with Crippen LogP contribution in [-0.2, 0) is 6.54 Å². The van der Waals surface area contributed by atoms with Crippen LogP contribution in [0.4, 0.5) is 0 Å². The van der Waals surface area contributed by atoms with Crippen molar-refractivity contribution >= 4 is 0 Å². The van der Waals surface area contributed by atoms with Crippen LogP contribution in [0, 0.1) is 0 Å². The summed E-state index contributed by atoms with van der Waals surface area (Å²) < 4.78 is 6.93. The molecule has 1 atom stereocenters. The third-order valence-electron chi connectivity index (χ3n) is 2.74. The molecule has 0 spiro atoms. The van der Waals surface area contributed by atoms with Gasteiger partial charge in [-0.2, -0.15) is 5.10 Å². The second kappa shape index (κ2) is 5.01. The average molecular weight is 232 g/mol. The van der Waals surface area contributed by atoms with Crippen molar-refractivity contribution in [1.82, 2.24) is 9.78 Å². The van der Waals surface area contributed by atoms with E-state index in [-0.39, 0.29) is 0 Å². The third kappa shape index (κ3) is 2.31. The summed E-state index contributed by atoms with van der Waals surface area (Å²) in [6.07, 6.45) is 1.02. The van der Waals surface area contributed by atoms with Crippen molar-refractivity contribution in [3.05, 3.63) is 47.8 Å². The van der Waals surface area contributed by atoms with Crippen molar-refractivity contribution in [2.24, 2.45) is 0 Å². The first-order valence-electron chi connectivity index (χ1n) is 5.60. The number of aliphatic hydroxyl groups is 1. The summed E-state index contributed by atoms with van der Waals surface area (Å²) in [7, 11) is 1.61. The predicted octanol–water partition coefficient (Wildman–Crippen LogP) is 1.99. The summed E-state index contributed by atoms with van der Waals surface area (Å²) in [5, 5.41) is 14.4. The van der Waals surface area contributed by atoms with E-state index in [4.69, 9.17) is 4.74 Å². The van der Waals surface area contributed by atoms with Crippen LogP contribution in [0.1, 0.15) is 24.3 Å². The molecule has 1 aromatic heterocycles. The Labute approximate surface area is 100 Å². The van der Waals surface area contributed by atoms with E-state index in [1.807, 2.05) is 37.3 Å². The van der Waals surface area contributed by atoms with Gasteiger partial charge in [-0.1, -0.05) is 12.1 Å². The molecule has 0 fully saturated rings. The van der Waals surface area contributed by atoms with E-state index in [1.54, 1.807) is 18.0 Å². The number of hydrogen-bond donors (Lipinski definition) is 1. The number of methoxy groups -OCH3 is 1. The van der Waals surface area contributed by atoms with E-state index >= 15 is 0 Å². The van der Waals surface area contributed by atoms with Gasteiger partial charge >= 0.3 is 0 Å². The monoisotopic (exact) mass is 232 g/mol. The summed E-state index contributed by atoms with van der Waals surface area (Å²) >= 11 is 0. The predicted molar refractivity (Wildman–Crippen MR) is 65.0 cm³/mol. The minimum absolute atomic E-state index is 0.674. The van der Waals surface area contributed by atoms with Crippen LogP contribution >= 0.6 is 0 Å². The molecule has 17 heavy (non-hydrogen) atoms. The molecule has 0 amide bonds. The minimum Gasteiger partial charge on any atom is -0.497 e. The fraction of sp³-hybridized carbons (Fsp3) is 0.308. The molecule has 0 aliphatic rings. The first kappa shape index (κ1) is 11.7.